The summed E-state index contributed by atoms with van der Waals surface area (Å²) in [6.07, 6.45) is 0. The lowest BCUT2D eigenvalue weighted by atomic mass is 10.0. The Kier molecular flexibility index (Phi) is 11.0. The van der Waals surface area contributed by atoms with Gasteiger partial charge in [-0.1, -0.05) is 53.6 Å². The molecular weight excluding hydrogens is 744 g/mol. The molecule has 12 heteroatoms. The molecule has 258 valence electrons. The van der Waals surface area contributed by atoms with Gasteiger partial charge in [0.05, 0.1) is 18.7 Å². The maximum Gasteiger partial charge on any atom is 0.339 e. The number of hydrogen-bond acceptors (Lipinski definition) is 9. The number of phenolic OH excluding ortho intramolecular Hbond substituents is 1. The maximum absolute atomic E-state index is 12.6. The van der Waals surface area contributed by atoms with Gasteiger partial charge in [0.2, 0.25) is 0 Å². The number of benzene rings is 6. The first kappa shape index (κ1) is 36.2. The average molecular weight is 778 g/mol. The van der Waals surface area contributed by atoms with Gasteiger partial charge < -0.3 is 22.9 Å². The minimum absolute atomic E-state index is 0.0916. The summed E-state index contributed by atoms with van der Waals surface area (Å²) >= 11 is 3.29. The van der Waals surface area contributed by atoms with Crippen LogP contribution in [0.1, 0.15) is 11.1 Å². The van der Waals surface area contributed by atoms with E-state index in [1.165, 1.54) is 44.6 Å². The van der Waals surface area contributed by atoms with E-state index in [1.54, 1.807) is 66.7 Å². The minimum atomic E-state index is -3.94. The number of rotatable bonds is 9. The van der Waals surface area contributed by atoms with Crippen molar-refractivity contribution < 1.29 is 39.8 Å². The van der Waals surface area contributed by atoms with E-state index in [-0.39, 0.29) is 27.0 Å². The molecule has 6 aromatic rings. The summed E-state index contributed by atoms with van der Waals surface area (Å²) in [6, 6.07) is 33.6. The molecule has 0 saturated heterocycles. The van der Waals surface area contributed by atoms with E-state index in [4.69, 9.17) is 17.8 Å². The van der Waals surface area contributed by atoms with Crippen LogP contribution < -0.4 is 17.8 Å². The molecule has 0 aromatic heterocycles. The van der Waals surface area contributed by atoms with Crippen LogP contribution in [-0.4, -0.2) is 36.2 Å². The van der Waals surface area contributed by atoms with Crippen molar-refractivity contribution in [3.05, 3.63) is 137 Å². The molecule has 0 heterocycles. The van der Waals surface area contributed by atoms with Crippen LogP contribution in [0.5, 0.6) is 28.7 Å². The monoisotopic (exact) mass is 776 g/mol. The Bertz CT molecular complexity index is 2360. The first-order valence-corrected chi connectivity index (χ1v) is 18.7. The van der Waals surface area contributed by atoms with Crippen LogP contribution in [0.4, 0.5) is 0 Å². The molecule has 0 fully saturated rings. The number of hydrogen-bond donors (Lipinski definition) is 1. The highest BCUT2D eigenvalue weighted by Gasteiger charge is 2.19. The largest absolute Gasteiger partial charge is 0.508 e. The predicted octanol–water partition coefficient (Wildman–Crippen LogP) is 8.83. The van der Waals surface area contributed by atoms with E-state index in [0.717, 1.165) is 37.5 Å². The van der Waals surface area contributed by atoms with Gasteiger partial charge in [0.25, 0.3) is 0 Å². The van der Waals surface area contributed by atoms with Crippen LogP contribution in [0.15, 0.2) is 136 Å². The predicted molar refractivity (Wildman–Crippen MR) is 196 cm³/mol. The Morgan fingerprint density at radius 3 is 1.56 bits per heavy atom. The molecule has 6 aromatic carbocycles. The van der Waals surface area contributed by atoms with E-state index in [2.05, 4.69) is 15.9 Å². The lowest BCUT2D eigenvalue weighted by Gasteiger charge is -2.13. The van der Waals surface area contributed by atoms with Gasteiger partial charge in [0.15, 0.2) is 0 Å². The minimum Gasteiger partial charge on any atom is -0.508 e. The molecule has 50 heavy (non-hydrogen) atoms. The number of fused-ring (bicyclic) bond motifs is 1. The van der Waals surface area contributed by atoms with Crippen molar-refractivity contribution >= 4 is 46.9 Å². The Balaban J connectivity index is 0.000000211. The number of methoxy groups -OCH3 is 2. The highest BCUT2D eigenvalue weighted by molar-refractivity contribution is 9.10. The Hall–Kier alpha value is -5.04. The van der Waals surface area contributed by atoms with Crippen LogP contribution in [0.3, 0.4) is 0 Å². The summed E-state index contributed by atoms with van der Waals surface area (Å²) in [5.41, 5.74) is 3.64. The third kappa shape index (κ3) is 8.75. The molecule has 0 aliphatic carbocycles. The Morgan fingerprint density at radius 2 is 1.02 bits per heavy atom. The summed E-state index contributed by atoms with van der Waals surface area (Å²) in [7, 11) is -4.76. The SMILES string of the molecule is COc1cc(OS(=O)(=O)c2ccc(C)cc2)ccc1-c1ccc2cc(O)ccc2c1.COc1cc(OS(=O)(=O)c2ccc(C)cc2)ccc1Br. The van der Waals surface area contributed by atoms with Gasteiger partial charge in [-0.05, 0) is 113 Å². The standard InChI is InChI=1S/C24H20O5S.C14H13BrO4S/c1-16-3-10-22(11-4-16)30(26,27)29-21-9-12-23(24(15-21)28-2)19-6-5-18-14-20(25)8-7-17(18)13-19;1-10-3-6-12(7-4-10)20(16,17)19-11-5-8-13(15)14(9-11)18-2/h3-15,25H,1-2H3;3-9H,1-2H3. The van der Waals surface area contributed by atoms with E-state index >= 15 is 0 Å². The van der Waals surface area contributed by atoms with Crippen molar-refractivity contribution in [2.24, 2.45) is 0 Å². The van der Waals surface area contributed by atoms with Crippen LogP contribution in [0.2, 0.25) is 0 Å². The fourth-order valence-electron chi connectivity index (χ4n) is 4.81. The van der Waals surface area contributed by atoms with Gasteiger partial charge in [-0.25, -0.2) is 0 Å². The molecule has 0 saturated carbocycles. The molecule has 1 N–H and O–H groups in total. The first-order valence-electron chi connectivity index (χ1n) is 15.0. The summed E-state index contributed by atoms with van der Waals surface area (Å²) < 4.78 is 71.1. The molecule has 0 spiro atoms. The lowest BCUT2D eigenvalue weighted by Crippen LogP contribution is -2.09. The van der Waals surface area contributed by atoms with E-state index in [0.29, 0.717) is 11.5 Å². The fraction of sp³-hybridized carbons (Fsp3) is 0.105. The van der Waals surface area contributed by atoms with Gasteiger partial charge in [-0.3, -0.25) is 0 Å². The first-order chi connectivity index (χ1) is 23.8. The molecule has 9 nitrogen and oxygen atoms in total. The zero-order valence-corrected chi connectivity index (χ0v) is 30.7. The third-order valence-corrected chi connectivity index (χ3v) is 10.6. The van der Waals surface area contributed by atoms with Gasteiger partial charge in [-0.15, -0.1) is 0 Å². The summed E-state index contributed by atoms with van der Waals surface area (Å²) in [6.45, 7) is 3.77. The lowest BCUT2D eigenvalue weighted by molar-refractivity contribution is 0.409. The van der Waals surface area contributed by atoms with Crippen molar-refractivity contribution in [1.82, 2.24) is 0 Å². The van der Waals surface area contributed by atoms with Crippen molar-refractivity contribution in [2.75, 3.05) is 14.2 Å². The Morgan fingerprint density at radius 1 is 0.540 bits per heavy atom. The van der Waals surface area contributed by atoms with Crippen LogP contribution in [-0.2, 0) is 20.2 Å². The molecule has 0 atom stereocenters. The van der Waals surface area contributed by atoms with Gasteiger partial charge in [0, 0.05) is 17.7 Å². The topological polar surface area (TPSA) is 125 Å². The van der Waals surface area contributed by atoms with Crippen molar-refractivity contribution in [1.29, 1.82) is 0 Å². The Labute approximate surface area is 300 Å². The summed E-state index contributed by atoms with van der Waals surface area (Å²) in [5.74, 6) is 1.57. The van der Waals surface area contributed by atoms with Gasteiger partial charge >= 0.3 is 20.2 Å². The second-order valence-corrected chi connectivity index (χ2v) is 15.1. The molecule has 0 unspecified atom stereocenters. The van der Waals surface area contributed by atoms with Crippen molar-refractivity contribution in [2.45, 2.75) is 23.6 Å². The molecule has 0 aliphatic heterocycles. The zero-order valence-electron chi connectivity index (χ0n) is 27.5. The average Bonchev–Trinajstić information content (AvgIpc) is 3.09. The second-order valence-electron chi connectivity index (χ2n) is 11.1. The van der Waals surface area contributed by atoms with E-state index in [1.807, 2.05) is 38.1 Å². The quantitative estimate of drug-likeness (QED) is 0.143. The number of phenols is 1. The molecule has 0 radical (unpaired) electrons. The summed E-state index contributed by atoms with van der Waals surface area (Å²) in [5, 5.41) is 11.5. The van der Waals surface area contributed by atoms with Crippen molar-refractivity contribution in [3.8, 4) is 39.9 Å². The van der Waals surface area contributed by atoms with Crippen LogP contribution >= 0.6 is 15.9 Å². The number of ether oxygens (including phenoxy) is 2. The zero-order chi connectivity index (χ0) is 36.1. The molecular formula is C38H33BrO9S2. The highest BCUT2D eigenvalue weighted by atomic mass is 79.9. The van der Waals surface area contributed by atoms with E-state index < -0.39 is 20.2 Å². The normalized spacial score (nSPS) is 11.3. The third-order valence-electron chi connectivity index (χ3n) is 7.46. The maximum atomic E-state index is 12.6. The second kappa shape index (κ2) is 15.2. The number of halogens is 1. The molecule has 0 amide bonds. The summed E-state index contributed by atoms with van der Waals surface area (Å²) in [4.78, 5) is 0.207. The fourth-order valence-corrected chi connectivity index (χ4v) is 7.07. The highest BCUT2D eigenvalue weighted by Crippen LogP contribution is 2.36. The van der Waals surface area contributed by atoms with Crippen molar-refractivity contribution in [3.63, 3.8) is 0 Å². The van der Waals surface area contributed by atoms with Crippen LogP contribution in [0, 0.1) is 13.8 Å². The molecule has 0 bridgehead atoms. The number of aryl methyl sites for hydroxylation is 2. The van der Waals surface area contributed by atoms with E-state index in [9.17, 15) is 21.9 Å². The van der Waals surface area contributed by atoms with Gasteiger partial charge in [-0.2, -0.15) is 16.8 Å². The van der Waals surface area contributed by atoms with Crippen LogP contribution in [0.25, 0.3) is 21.9 Å². The number of aromatic hydroxyl groups is 1. The molecule has 0 aliphatic rings. The molecule has 6 rings (SSSR count). The van der Waals surface area contributed by atoms with Gasteiger partial charge in [0.1, 0.15) is 38.5 Å². The smallest absolute Gasteiger partial charge is 0.339 e.